The average Bonchev–Trinajstić information content (AvgIpc) is 3.64. The lowest BCUT2D eigenvalue weighted by Gasteiger charge is -2.20. The van der Waals surface area contributed by atoms with E-state index >= 15 is 0 Å². The summed E-state index contributed by atoms with van der Waals surface area (Å²) >= 11 is 1.90. The Hall–Kier alpha value is -6.04. The van der Waals surface area contributed by atoms with Crippen LogP contribution in [-0.4, -0.2) is 18.6 Å². The summed E-state index contributed by atoms with van der Waals surface area (Å²) in [7, 11) is 1.91. The predicted octanol–water partition coefficient (Wildman–Crippen LogP) is 13.0. The number of fused-ring (bicyclic) bond motifs is 3. The van der Waals surface area contributed by atoms with Crippen LogP contribution in [0.5, 0.6) is 0 Å². The van der Waals surface area contributed by atoms with E-state index < -0.39 is 0 Å². The van der Waals surface area contributed by atoms with Crippen LogP contribution in [0, 0.1) is 25.7 Å². The lowest BCUT2D eigenvalue weighted by molar-refractivity contribution is 0.733. The van der Waals surface area contributed by atoms with Crippen LogP contribution in [0.2, 0.25) is 0 Å². The Labute approximate surface area is 344 Å². The molecule has 2 atom stereocenters. The molecule has 0 spiro atoms. The molecule has 0 bridgehead atoms. The number of hydrogen-bond donors (Lipinski definition) is 2. The van der Waals surface area contributed by atoms with Gasteiger partial charge in [-0.05, 0) is 95.7 Å². The van der Waals surface area contributed by atoms with E-state index in [4.69, 9.17) is 16.6 Å². The molecule has 2 aliphatic rings. The molecule has 0 aliphatic heterocycles. The Morgan fingerprint density at radius 3 is 1.88 bits per heavy atom. The van der Waals surface area contributed by atoms with Gasteiger partial charge in [0.2, 0.25) is 0 Å². The van der Waals surface area contributed by atoms with Gasteiger partial charge in [-0.2, -0.15) is 5.10 Å². The van der Waals surface area contributed by atoms with Gasteiger partial charge in [-0.15, -0.1) is 11.3 Å². The molecule has 2 unspecified atom stereocenters. The number of hydrogen-bond acceptors (Lipinski definition) is 4. The number of aryl methyl sites for hydroxylation is 2. The Bertz CT molecular complexity index is 2360. The number of nitrogens with zero attached hydrogens (tertiary/aromatic N) is 2. The smallest absolute Gasteiger partial charge is 0.150 e. The Kier molecular flexibility index (Phi) is 15.7. The van der Waals surface area contributed by atoms with E-state index in [2.05, 4.69) is 141 Å². The quantitative estimate of drug-likeness (QED) is 0.0766. The van der Waals surface area contributed by atoms with Crippen LogP contribution >= 0.6 is 11.3 Å². The average molecular weight is 769 g/mol. The first-order valence-electron chi connectivity index (χ1n) is 19.9. The number of rotatable bonds is 6. The van der Waals surface area contributed by atoms with Crippen LogP contribution in [0.15, 0.2) is 180 Å². The summed E-state index contributed by atoms with van der Waals surface area (Å²) in [5.41, 5.74) is 17.7. The largest absolute Gasteiger partial charge is 0.382 e. The van der Waals surface area contributed by atoms with Crippen molar-refractivity contribution in [3.05, 3.63) is 202 Å². The molecule has 0 saturated heterocycles. The van der Waals surface area contributed by atoms with Crippen molar-refractivity contribution in [3.63, 3.8) is 0 Å². The van der Waals surface area contributed by atoms with Crippen molar-refractivity contribution < 1.29 is 0 Å². The molecule has 57 heavy (non-hydrogen) atoms. The van der Waals surface area contributed by atoms with Crippen molar-refractivity contribution in [1.82, 2.24) is 0 Å². The van der Waals surface area contributed by atoms with E-state index in [1.54, 1.807) is 0 Å². The molecule has 0 amide bonds. The van der Waals surface area contributed by atoms with Gasteiger partial charge in [-0.25, -0.2) is 0 Å². The number of allylic oxidation sites excluding steroid dienone is 7. The zero-order valence-electron chi connectivity index (χ0n) is 34.2. The highest BCUT2D eigenvalue weighted by molar-refractivity contribution is 7.19. The summed E-state index contributed by atoms with van der Waals surface area (Å²) < 4.78 is 1.35. The maximum absolute atomic E-state index is 6.00. The Balaban J connectivity index is 0.000000323. The number of benzene rings is 5. The first-order chi connectivity index (χ1) is 27.8. The number of aliphatic imine (C=N–C) groups is 1. The van der Waals surface area contributed by atoms with Crippen LogP contribution in [0.4, 0.5) is 0 Å². The Morgan fingerprint density at radius 1 is 0.719 bits per heavy atom. The molecule has 5 heteroatoms. The molecule has 1 aromatic heterocycles. The molecular weight excluding hydrogens is 713 g/mol. The van der Waals surface area contributed by atoms with Crippen LogP contribution in [0.25, 0.3) is 32.9 Å². The second-order valence-corrected chi connectivity index (χ2v) is 15.2. The van der Waals surface area contributed by atoms with Crippen LogP contribution in [0.1, 0.15) is 59.9 Å². The van der Waals surface area contributed by atoms with Crippen molar-refractivity contribution in [2.45, 2.75) is 47.5 Å². The SMILES string of the molecule is CC.CN=C(/C=C(\C1=CCC(C)C=C1)c1cccc(-c2cccc(/C(N)=N/N)c2)c1)C1C=Cc2c(sc3ccccc23)C1.Cc1ccccc1.Cc1ccccc1. The summed E-state index contributed by atoms with van der Waals surface area (Å²) in [5, 5.41) is 5.02. The number of amidine groups is 1. The van der Waals surface area contributed by atoms with Crippen LogP contribution in [-0.2, 0) is 6.42 Å². The zero-order chi connectivity index (χ0) is 40.6. The maximum Gasteiger partial charge on any atom is 0.150 e. The Morgan fingerprint density at radius 2 is 1.32 bits per heavy atom. The van der Waals surface area contributed by atoms with Crippen molar-refractivity contribution in [3.8, 4) is 11.1 Å². The third kappa shape index (κ3) is 11.5. The van der Waals surface area contributed by atoms with Gasteiger partial charge in [-0.1, -0.05) is 178 Å². The topological polar surface area (TPSA) is 76.8 Å². The predicted molar refractivity (Wildman–Crippen MR) is 251 cm³/mol. The lowest BCUT2D eigenvalue weighted by atomic mass is 9.85. The summed E-state index contributed by atoms with van der Waals surface area (Å²) in [6.07, 6.45) is 15.8. The van der Waals surface area contributed by atoms with E-state index in [0.717, 1.165) is 40.8 Å². The molecule has 4 nitrogen and oxygen atoms in total. The van der Waals surface area contributed by atoms with Gasteiger partial charge in [0.05, 0.1) is 0 Å². The normalized spacial score (nSPS) is 16.2. The maximum atomic E-state index is 6.00. The molecule has 0 saturated carbocycles. The van der Waals surface area contributed by atoms with Crippen molar-refractivity contribution in [2.75, 3.05) is 7.05 Å². The molecule has 0 radical (unpaired) electrons. The monoisotopic (exact) mass is 768 g/mol. The van der Waals surface area contributed by atoms with Crippen LogP contribution < -0.4 is 11.6 Å². The summed E-state index contributed by atoms with van der Waals surface area (Å²) in [6, 6.07) is 45.9. The molecule has 8 rings (SSSR count). The summed E-state index contributed by atoms with van der Waals surface area (Å²) in [4.78, 5) is 6.27. The van der Waals surface area contributed by atoms with Gasteiger partial charge in [0, 0.05) is 33.8 Å². The molecule has 2 aliphatic carbocycles. The van der Waals surface area contributed by atoms with E-state index in [-0.39, 0.29) is 5.92 Å². The third-order valence-corrected chi connectivity index (χ3v) is 11.1. The van der Waals surface area contributed by atoms with Gasteiger partial charge < -0.3 is 11.6 Å². The number of thiophene rings is 1. The van der Waals surface area contributed by atoms with Gasteiger partial charge in [0.25, 0.3) is 0 Å². The second kappa shape index (κ2) is 21.3. The van der Waals surface area contributed by atoms with E-state index in [1.807, 2.05) is 86.8 Å². The second-order valence-electron chi connectivity index (χ2n) is 14.0. The van der Waals surface area contributed by atoms with Crippen molar-refractivity contribution >= 4 is 44.6 Å². The number of hydrazone groups is 1. The first kappa shape index (κ1) is 42.1. The minimum Gasteiger partial charge on any atom is -0.382 e. The lowest BCUT2D eigenvalue weighted by Crippen LogP contribution is -2.16. The van der Waals surface area contributed by atoms with Gasteiger partial charge in [0.15, 0.2) is 0 Å². The van der Waals surface area contributed by atoms with E-state index in [0.29, 0.717) is 11.8 Å². The molecule has 6 aromatic rings. The summed E-state index contributed by atoms with van der Waals surface area (Å²) in [6.45, 7) is 10.4. The molecular formula is C52H56N4S. The van der Waals surface area contributed by atoms with E-state index in [9.17, 15) is 0 Å². The highest BCUT2D eigenvalue weighted by atomic mass is 32.1. The molecule has 290 valence electrons. The number of nitrogens with two attached hydrogens (primary N) is 2. The zero-order valence-corrected chi connectivity index (χ0v) is 35.0. The minimum absolute atomic E-state index is 0.223. The van der Waals surface area contributed by atoms with Gasteiger partial charge >= 0.3 is 0 Å². The molecule has 1 heterocycles. The fourth-order valence-electron chi connectivity index (χ4n) is 6.75. The highest BCUT2D eigenvalue weighted by Crippen LogP contribution is 2.38. The van der Waals surface area contributed by atoms with E-state index in [1.165, 1.54) is 42.8 Å². The highest BCUT2D eigenvalue weighted by Gasteiger charge is 2.22. The fourth-order valence-corrected chi connectivity index (χ4v) is 8.00. The van der Waals surface area contributed by atoms with Crippen molar-refractivity contribution in [1.29, 1.82) is 0 Å². The summed E-state index contributed by atoms with van der Waals surface area (Å²) in [5.74, 6) is 6.52. The standard InChI is InChI=1S/C36H34N4S.2C7H8.C2H6/c1-23-13-15-24(16-14-23)32(27-9-5-7-25(19-27)26-8-6-10-29(20-26)36(37)40-38)22-33(39-2)28-17-18-31-30-11-3-4-12-34(30)41-35(31)21-28;2*1-7-5-3-2-4-6-7;1-2/h3-13,15-20,22-23,28H,14,21,38H2,1-2H3,(H2,37,40);2*2-6H,1H3;1-2H3/b32-22+,39-33?;;;. The molecule has 0 fully saturated rings. The first-order valence-corrected chi connectivity index (χ1v) is 20.7. The molecule has 5 aromatic carbocycles. The molecule has 4 N–H and O–H groups in total. The third-order valence-electron chi connectivity index (χ3n) is 9.85. The minimum atomic E-state index is 0.223. The van der Waals surface area contributed by atoms with Crippen LogP contribution in [0.3, 0.4) is 0 Å². The fraction of sp³-hybridized carbons (Fsp3) is 0.192. The van der Waals surface area contributed by atoms with Crippen molar-refractivity contribution in [2.24, 2.45) is 33.5 Å². The van der Waals surface area contributed by atoms with Gasteiger partial charge in [-0.3, -0.25) is 4.99 Å². The van der Waals surface area contributed by atoms with Gasteiger partial charge in [0.1, 0.15) is 5.84 Å².